The Kier molecular flexibility index (Phi) is 2.56. The van der Waals surface area contributed by atoms with Gasteiger partial charge in [0.15, 0.2) is 0 Å². The highest BCUT2D eigenvalue weighted by molar-refractivity contribution is 5.08. The number of hydrogen-bond donors (Lipinski definition) is 1. The van der Waals surface area contributed by atoms with Gasteiger partial charge in [0, 0.05) is 12.3 Å². The maximum Gasteiger partial charge on any atom is 0.101 e. The summed E-state index contributed by atoms with van der Waals surface area (Å²) < 4.78 is 7.22. The first-order chi connectivity index (χ1) is 6.68. The van der Waals surface area contributed by atoms with Crippen LogP contribution in [0.1, 0.15) is 23.9 Å². The van der Waals surface area contributed by atoms with E-state index >= 15 is 0 Å². The third-order valence-corrected chi connectivity index (χ3v) is 2.65. The molecule has 2 unspecified atom stereocenters. The Balaban J connectivity index is 2.24. The van der Waals surface area contributed by atoms with E-state index in [1.165, 1.54) is 0 Å². The Morgan fingerprint density at radius 2 is 2.36 bits per heavy atom. The van der Waals surface area contributed by atoms with Crippen LogP contribution in [0.25, 0.3) is 0 Å². The van der Waals surface area contributed by atoms with Crippen molar-refractivity contribution in [3.63, 3.8) is 0 Å². The van der Waals surface area contributed by atoms with Gasteiger partial charge in [0.1, 0.15) is 6.04 Å². The number of rotatable bonds is 1. The molecule has 1 aliphatic heterocycles. The molecule has 1 aliphatic rings. The second-order valence-electron chi connectivity index (χ2n) is 3.87. The van der Waals surface area contributed by atoms with Gasteiger partial charge in [-0.2, -0.15) is 5.10 Å². The summed E-state index contributed by atoms with van der Waals surface area (Å²) in [5.41, 5.74) is 2.07. The predicted molar refractivity (Wildman–Crippen MR) is 52.2 cm³/mol. The smallest absolute Gasteiger partial charge is 0.101 e. The normalized spacial score (nSPS) is 27.9. The van der Waals surface area contributed by atoms with Crippen LogP contribution in [0, 0.1) is 13.8 Å². The zero-order valence-electron chi connectivity index (χ0n) is 8.60. The van der Waals surface area contributed by atoms with Crippen LogP contribution in [0.4, 0.5) is 0 Å². The molecule has 0 spiro atoms. The summed E-state index contributed by atoms with van der Waals surface area (Å²) in [4.78, 5) is 0. The van der Waals surface area contributed by atoms with Gasteiger partial charge in [-0.25, -0.2) is 0 Å². The van der Waals surface area contributed by atoms with E-state index in [2.05, 4.69) is 5.10 Å². The van der Waals surface area contributed by atoms with Crippen molar-refractivity contribution in [3.8, 4) is 0 Å². The maximum absolute atomic E-state index is 9.82. The van der Waals surface area contributed by atoms with Crippen LogP contribution in [0.2, 0.25) is 0 Å². The van der Waals surface area contributed by atoms with Gasteiger partial charge in [-0.15, -0.1) is 0 Å². The Morgan fingerprint density at radius 1 is 1.57 bits per heavy atom. The Morgan fingerprint density at radius 3 is 2.93 bits per heavy atom. The summed E-state index contributed by atoms with van der Waals surface area (Å²) in [5, 5.41) is 14.2. The molecule has 0 amide bonds. The van der Waals surface area contributed by atoms with E-state index in [9.17, 15) is 5.11 Å². The average molecular weight is 196 g/mol. The number of nitrogens with zero attached hydrogens (tertiary/aromatic N) is 2. The van der Waals surface area contributed by atoms with Gasteiger partial charge in [-0.05, 0) is 26.3 Å². The first-order valence-corrected chi connectivity index (χ1v) is 4.97. The molecule has 14 heavy (non-hydrogen) atoms. The monoisotopic (exact) mass is 196 g/mol. The standard InChI is InChI=1S/C10H16N2O2/c1-7-5-8(2)12(11-7)9-6-14-4-3-10(9)13/h5,9-10,13H,3-4,6H2,1-2H3. The molecule has 1 N–H and O–H groups in total. The minimum atomic E-state index is -0.332. The van der Waals surface area contributed by atoms with Gasteiger partial charge in [0.25, 0.3) is 0 Å². The van der Waals surface area contributed by atoms with Crippen molar-refractivity contribution in [3.05, 3.63) is 17.5 Å². The zero-order valence-corrected chi connectivity index (χ0v) is 8.60. The molecule has 1 aromatic rings. The number of aromatic nitrogens is 2. The molecule has 0 saturated carbocycles. The van der Waals surface area contributed by atoms with Gasteiger partial charge in [0.2, 0.25) is 0 Å². The number of ether oxygens (including phenoxy) is 1. The van der Waals surface area contributed by atoms with Crippen LogP contribution in [0.5, 0.6) is 0 Å². The second kappa shape index (κ2) is 3.71. The molecule has 1 fully saturated rings. The number of hydrogen-bond acceptors (Lipinski definition) is 3. The number of aryl methyl sites for hydroxylation is 2. The van der Waals surface area contributed by atoms with Gasteiger partial charge < -0.3 is 9.84 Å². The average Bonchev–Trinajstić information content (AvgIpc) is 2.46. The van der Waals surface area contributed by atoms with E-state index in [0.717, 1.165) is 11.4 Å². The van der Waals surface area contributed by atoms with Crippen LogP contribution in [-0.2, 0) is 4.74 Å². The summed E-state index contributed by atoms with van der Waals surface area (Å²) in [6.07, 6.45) is 0.366. The molecular weight excluding hydrogens is 180 g/mol. The van der Waals surface area contributed by atoms with Gasteiger partial charge in [0.05, 0.1) is 18.4 Å². The van der Waals surface area contributed by atoms with Crippen LogP contribution in [0.3, 0.4) is 0 Å². The number of aliphatic hydroxyl groups is 1. The van der Waals surface area contributed by atoms with E-state index in [1.54, 1.807) is 0 Å². The predicted octanol–water partition coefficient (Wildman–Crippen LogP) is 0.822. The molecule has 0 radical (unpaired) electrons. The minimum Gasteiger partial charge on any atom is -0.391 e. The van der Waals surface area contributed by atoms with Crippen LogP contribution in [-0.4, -0.2) is 34.2 Å². The van der Waals surface area contributed by atoms with Crippen LogP contribution in [0.15, 0.2) is 6.07 Å². The fourth-order valence-electron chi connectivity index (χ4n) is 1.93. The molecule has 1 aromatic heterocycles. The fraction of sp³-hybridized carbons (Fsp3) is 0.700. The summed E-state index contributed by atoms with van der Waals surface area (Å²) in [6, 6.07) is 2.00. The maximum atomic E-state index is 9.82. The van der Waals surface area contributed by atoms with Crippen molar-refractivity contribution in [2.45, 2.75) is 32.4 Å². The molecule has 0 aromatic carbocycles. The highest BCUT2D eigenvalue weighted by Gasteiger charge is 2.26. The molecular formula is C10H16N2O2. The molecule has 0 bridgehead atoms. The molecule has 0 aliphatic carbocycles. The molecule has 2 heterocycles. The van der Waals surface area contributed by atoms with Gasteiger partial charge in [-0.3, -0.25) is 4.68 Å². The second-order valence-corrected chi connectivity index (χ2v) is 3.87. The molecule has 2 atom stereocenters. The molecule has 1 saturated heterocycles. The Hall–Kier alpha value is -0.870. The number of aliphatic hydroxyl groups excluding tert-OH is 1. The Bertz CT molecular complexity index is 322. The minimum absolute atomic E-state index is 0.0163. The fourth-order valence-corrected chi connectivity index (χ4v) is 1.93. The Labute approximate surface area is 83.5 Å². The third-order valence-electron chi connectivity index (χ3n) is 2.65. The topological polar surface area (TPSA) is 47.3 Å². The van der Waals surface area contributed by atoms with Gasteiger partial charge >= 0.3 is 0 Å². The SMILES string of the molecule is Cc1cc(C)n(C2COCCC2O)n1. The first-order valence-electron chi connectivity index (χ1n) is 4.97. The summed E-state index contributed by atoms with van der Waals surface area (Å²) in [6.45, 7) is 5.17. The van der Waals surface area contributed by atoms with E-state index < -0.39 is 0 Å². The largest absolute Gasteiger partial charge is 0.391 e. The van der Waals surface area contributed by atoms with E-state index in [4.69, 9.17) is 4.74 Å². The van der Waals surface area contributed by atoms with E-state index in [0.29, 0.717) is 19.6 Å². The van der Waals surface area contributed by atoms with Crippen LogP contribution >= 0.6 is 0 Å². The van der Waals surface area contributed by atoms with E-state index in [-0.39, 0.29) is 12.1 Å². The lowest BCUT2D eigenvalue weighted by Crippen LogP contribution is -2.35. The molecule has 4 nitrogen and oxygen atoms in total. The van der Waals surface area contributed by atoms with Crippen molar-refractivity contribution >= 4 is 0 Å². The van der Waals surface area contributed by atoms with Crippen LogP contribution < -0.4 is 0 Å². The lowest BCUT2D eigenvalue weighted by molar-refractivity contribution is -0.0337. The molecule has 2 rings (SSSR count). The van der Waals surface area contributed by atoms with Gasteiger partial charge in [-0.1, -0.05) is 0 Å². The van der Waals surface area contributed by atoms with Crippen molar-refractivity contribution in [1.82, 2.24) is 9.78 Å². The lowest BCUT2D eigenvalue weighted by Gasteiger charge is -2.28. The van der Waals surface area contributed by atoms with Crippen molar-refractivity contribution < 1.29 is 9.84 Å². The molecule has 4 heteroatoms. The van der Waals surface area contributed by atoms with Crippen molar-refractivity contribution in [2.24, 2.45) is 0 Å². The van der Waals surface area contributed by atoms with E-state index in [1.807, 2.05) is 24.6 Å². The summed E-state index contributed by atoms with van der Waals surface area (Å²) >= 11 is 0. The van der Waals surface area contributed by atoms with Crippen molar-refractivity contribution in [1.29, 1.82) is 0 Å². The third kappa shape index (κ3) is 1.67. The summed E-state index contributed by atoms with van der Waals surface area (Å²) in [5.74, 6) is 0. The summed E-state index contributed by atoms with van der Waals surface area (Å²) in [7, 11) is 0. The first kappa shape index (κ1) is 9.68. The zero-order chi connectivity index (χ0) is 10.1. The quantitative estimate of drug-likeness (QED) is 0.723. The highest BCUT2D eigenvalue weighted by atomic mass is 16.5. The lowest BCUT2D eigenvalue weighted by atomic mass is 10.1. The van der Waals surface area contributed by atoms with Crippen molar-refractivity contribution in [2.75, 3.05) is 13.2 Å². The highest BCUT2D eigenvalue weighted by Crippen LogP contribution is 2.21. The molecule has 78 valence electrons.